The normalized spacial score (nSPS) is 18.9. The first-order valence-electron chi connectivity index (χ1n) is 13.8. The first kappa shape index (κ1) is 28.0. The van der Waals surface area contributed by atoms with E-state index in [0.717, 1.165) is 53.2 Å². The third kappa shape index (κ3) is 6.11. The molecule has 0 bridgehead atoms. The van der Waals surface area contributed by atoms with Crippen LogP contribution in [0.5, 0.6) is 17.2 Å². The maximum Gasteiger partial charge on any atom is 0.342 e. The van der Waals surface area contributed by atoms with Gasteiger partial charge >= 0.3 is 5.97 Å². The number of fused-ring (bicyclic) bond motifs is 1. The fourth-order valence-electron chi connectivity index (χ4n) is 5.43. The van der Waals surface area contributed by atoms with Crippen LogP contribution >= 0.6 is 0 Å². The number of allylic oxidation sites excluding steroid dienone is 1. The molecule has 1 fully saturated rings. The summed E-state index contributed by atoms with van der Waals surface area (Å²) in [6, 6.07) is 22.1. The van der Waals surface area contributed by atoms with E-state index in [1.54, 1.807) is 38.5 Å². The van der Waals surface area contributed by atoms with E-state index in [-0.39, 0.29) is 17.5 Å². The van der Waals surface area contributed by atoms with Crippen LogP contribution in [-0.2, 0) is 9.53 Å². The Morgan fingerprint density at radius 2 is 1.63 bits per heavy atom. The summed E-state index contributed by atoms with van der Waals surface area (Å²) in [6.07, 6.45) is 4.86. The van der Waals surface area contributed by atoms with Crippen molar-refractivity contribution in [3.05, 3.63) is 95.1 Å². The number of amides is 1. The van der Waals surface area contributed by atoms with Crippen LogP contribution in [0, 0.1) is 5.92 Å². The largest absolute Gasteiger partial charge is 0.497 e. The molecule has 0 N–H and O–H groups in total. The predicted molar refractivity (Wildman–Crippen MR) is 156 cm³/mol. The van der Waals surface area contributed by atoms with Crippen molar-refractivity contribution in [2.24, 2.45) is 11.0 Å². The van der Waals surface area contributed by atoms with Crippen LogP contribution in [0.25, 0.3) is 6.08 Å². The molecule has 3 aromatic rings. The standard InChI is InChI=1S/C33H34N2O6/c1-4-40-29-11-6-5-9-27(29)33(37)41-21-30(36)35-32(23-14-18-26(39-3)19-15-23)28-10-7-8-24(31(28)34-35)20-22-12-16-25(38-2)17-13-22/h5-6,9,11-20,28,32H,4,7-8,10,21H2,1-3H3. The maximum absolute atomic E-state index is 13.6. The zero-order valence-electron chi connectivity index (χ0n) is 23.5. The zero-order chi connectivity index (χ0) is 28.8. The molecule has 8 nitrogen and oxygen atoms in total. The first-order valence-corrected chi connectivity index (χ1v) is 13.8. The summed E-state index contributed by atoms with van der Waals surface area (Å²) < 4.78 is 21.7. The van der Waals surface area contributed by atoms with Crippen LogP contribution < -0.4 is 14.2 Å². The van der Waals surface area contributed by atoms with Crippen LogP contribution in [0.4, 0.5) is 0 Å². The Bertz CT molecular complexity index is 1450. The molecule has 0 radical (unpaired) electrons. The number of carbonyl (C=O) groups is 2. The Morgan fingerprint density at radius 1 is 0.951 bits per heavy atom. The lowest BCUT2D eigenvalue weighted by Crippen LogP contribution is -2.34. The van der Waals surface area contributed by atoms with Crippen molar-refractivity contribution in [1.29, 1.82) is 0 Å². The van der Waals surface area contributed by atoms with Gasteiger partial charge in [0, 0.05) is 5.92 Å². The third-order valence-electron chi connectivity index (χ3n) is 7.40. The van der Waals surface area contributed by atoms with Gasteiger partial charge in [0.1, 0.15) is 22.8 Å². The van der Waals surface area contributed by atoms with Crippen LogP contribution in [0.1, 0.15) is 53.7 Å². The summed E-state index contributed by atoms with van der Waals surface area (Å²) in [5.41, 5.74) is 4.26. The number of benzene rings is 3. The number of esters is 1. The van der Waals surface area contributed by atoms with Gasteiger partial charge in [0.2, 0.25) is 0 Å². The molecule has 3 aromatic carbocycles. The van der Waals surface area contributed by atoms with Gasteiger partial charge in [-0.05, 0) is 85.4 Å². The molecule has 0 aromatic heterocycles. The number of nitrogens with zero attached hydrogens (tertiary/aromatic N) is 2. The lowest BCUT2D eigenvalue weighted by molar-refractivity contribution is -0.137. The molecule has 8 heteroatoms. The van der Waals surface area contributed by atoms with Crippen molar-refractivity contribution in [3.63, 3.8) is 0 Å². The van der Waals surface area contributed by atoms with E-state index >= 15 is 0 Å². The Morgan fingerprint density at radius 3 is 2.32 bits per heavy atom. The molecule has 1 amide bonds. The maximum atomic E-state index is 13.6. The fourth-order valence-corrected chi connectivity index (χ4v) is 5.43. The smallest absolute Gasteiger partial charge is 0.342 e. The lowest BCUT2D eigenvalue weighted by atomic mass is 9.77. The Kier molecular flexibility index (Phi) is 8.67. The number of hydrogen-bond acceptors (Lipinski definition) is 7. The number of carbonyl (C=O) groups excluding carboxylic acids is 2. The van der Waals surface area contributed by atoms with Gasteiger partial charge in [-0.25, -0.2) is 9.80 Å². The molecule has 0 spiro atoms. The minimum atomic E-state index is -0.618. The van der Waals surface area contributed by atoms with E-state index in [2.05, 4.69) is 6.08 Å². The van der Waals surface area contributed by atoms with Crippen molar-refractivity contribution in [2.75, 3.05) is 27.4 Å². The van der Waals surface area contributed by atoms with Gasteiger partial charge < -0.3 is 18.9 Å². The Balaban J connectivity index is 1.42. The molecule has 2 aliphatic rings. The molecule has 0 saturated heterocycles. The fraction of sp³-hybridized carbons (Fsp3) is 0.303. The first-order chi connectivity index (χ1) is 20.0. The molecule has 41 heavy (non-hydrogen) atoms. The molecule has 1 saturated carbocycles. The Labute approximate surface area is 240 Å². The molecule has 2 atom stereocenters. The number of methoxy groups -OCH3 is 2. The quantitative estimate of drug-likeness (QED) is 0.298. The van der Waals surface area contributed by atoms with Gasteiger partial charge in [-0.1, -0.05) is 36.4 Å². The predicted octanol–water partition coefficient (Wildman–Crippen LogP) is 6.08. The molecule has 2 unspecified atom stereocenters. The van der Waals surface area contributed by atoms with Crippen molar-refractivity contribution in [1.82, 2.24) is 5.01 Å². The summed E-state index contributed by atoms with van der Waals surface area (Å²) in [4.78, 5) is 26.5. The second-order valence-corrected chi connectivity index (χ2v) is 9.89. The number of hydrazone groups is 1. The zero-order valence-corrected chi connectivity index (χ0v) is 23.5. The van der Waals surface area contributed by atoms with Crippen molar-refractivity contribution in [3.8, 4) is 17.2 Å². The number of ether oxygens (including phenoxy) is 4. The van der Waals surface area contributed by atoms with E-state index in [0.29, 0.717) is 12.4 Å². The molecule has 1 aliphatic carbocycles. The van der Waals surface area contributed by atoms with Crippen molar-refractivity contribution >= 4 is 23.7 Å². The van der Waals surface area contributed by atoms with Crippen LogP contribution in [-0.4, -0.2) is 50.0 Å². The van der Waals surface area contributed by atoms with Crippen LogP contribution in [0.3, 0.4) is 0 Å². The van der Waals surface area contributed by atoms with Crippen LogP contribution in [0.15, 0.2) is 83.5 Å². The van der Waals surface area contributed by atoms with Gasteiger partial charge in [-0.3, -0.25) is 4.79 Å². The molecule has 1 aliphatic heterocycles. The molecular formula is C33H34N2O6. The highest BCUT2D eigenvalue weighted by Gasteiger charge is 2.44. The monoisotopic (exact) mass is 554 g/mol. The van der Waals surface area contributed by atoms with Crippen molar-refractivity contribution < 1.29 is 28.5 Å². The summed E-state index contributed by atoms with van der Waals surface area (Å²) in [5, 5.41) is 6.38. The average Bonchev–Trinajstić information content (AvgIpc) is 3.41. The minimum Gasteiger partial charge on any atom is -0.497 e. The summed E-state index contributed by atoms with van der Waals surface area (Å²) >= 11 is 0. The van der Waals surface area contributed by atoms with Crippen molar-refractivity contribution in [2.45, 2.75) is 32.2 Å². The number of para-hydroxylation sites is 1. The minimum absolute atomic E-state index is 0.0139. The molecule has 5 rings (SSSR count). The summed E-state index contributed by atoms with van der Waals surface area (Å²) in [5.74, 6) is 0.953. The van der Waals surface area contributed by atoms with E-state index in [1.165, 1.54) is 5.01 Å². The summed E-state index contributed by atoms with van der Waals surface area (Å²) in [6.45, 7) is 1.81. The van der Waals surface area contributed by atoms with Gasteiger partial charge in [-0.15, -0.1) is 0 Å². The second-order valence-electron chi connectivity index (χ2n) is 9.89. The van der Waals surface area contributed by atoms with Gasteiger partial charge in [0.25, 0.3) is 5.91 Å². The van der Waals surface area contributed by atoms with E-state index in [4.69, 9.17) is 24.0 Å². The highest BCUT2D eigenvalue weighted by molar-refractivity contribution is 6.08. The average molecular weight is 555 g/mol. The van der Waals surface area contributed by atoms with E-state index in [9.17, 15) is 9.59 Å². The lowest BCUT2D eigenvalue weighted by Gasteiger charge is -2.29. The highest BCUT2D eigenvalue weighted by atomic mass is 16.5. The van der Waals surface area contributed by atoms with Crippen LogP contribution in [0.2, 0.25) is 0 Å². The molecule has 1 heterocycles. The number of rotatable bonds is 9. The third-order valence-corrected chi connectivity index (χ3v) is 7.40. The molecule has 212 valence electrons. The Hall–Kier alpha value is -4.59. The van der Waals surface area contributed by atoms with Gasteiger partial charge in [0.15, 0.2) is 6.61 Å². The van der Waals surface area contributed by atoms with Gasteiger partial charge in [0.05, 0.1) is 32.6 Å². The van der Waals surface area contributed by atoms with Gasteiger partial charge in [-0.2, -0.15) is 5.10 Å². The molecular weight excluding hydrogens is 520 g/mol. The van der Waals surface area contributed by atoms with E-state index < -0.39 is 18.5 Å². The number of hydrogen-bond donors (Lipinski definition) is 0. The SMILES string of the molecule is CCOc1ccccc1C(=O)OCC(=O)N1N=C2C(=Cc3ccc(OC)cc3)CCCC2C1c1ccc(OC)cc1. The highest BCUT2D eigenvalue weighted by Crippen LogP contribution is 2.44. The topological polar surface area (TPSA) is 86.7 Å². The summed E-state index contributed by atoms with van der Waals surface area (Å²) in [7, 11) is 3.27. The van der Waals surface area contributed by atoms with E-state index in [1.807, 2.05) is 55.5 Å². The second kappa shape index (κ2) is 12.7.